The normalized spacial score (nSPS) is 19.5. The summed E-state index contributed by atoms with van der Waals surface area (Å²) in [6.07, 6.45) is 3.50. The van der Waals surface area contributed by atoms with Crippen molar-refractivity contribution in [2.24, 2.45) is 4.40 Å². The molecule has 1 atom stereocenters. The van der Waals surface area contributed by atoms with E-state index in [1.807, 2.05) is 49.4 Å². The topological polar surface area (TPSA) is 46.5 Å². The maximum atomic E-state index is 12.8. The third-order valence-electron chi connectivity index (χ3n) is 4.04. The molecule has 0 radical (unpaired) electrons. The number of hydrogen-bond acceptors (Lipinski definition) is 2. The molecule has 1 fully saturated rings. The first-order valence-electron chi connectivity index (χ1n) is 8.11. The monoisotopic (exact) mass is 454 g/mol. The van der Waals surface area contributed by atoms with Crippen LogP contribution in [0.2, 0.25) is 0 Å². The van der Waals surface area contributed by atoms with Crippen LogP contribution in [0.15, 0.2) is 63.9 Å². The summed E-state index contributed by atoms with van der Waals surface area (Å²) in [4.78, 5) is 0.274. The molecule has 128 valence electrons. The maximum absolute atomic E-state index is 12.8. The second-order valence-corrected chi connectivity index (χ2v) is 11.0. The average Bonchev–Trinajstić information content (AvgIpc) is 2.62. The van der Waals surface area contributed by atoms with Crippen molar-refractivity contribution >= 4 is 15.7 Å². The Balaban J connectivity index is 2.03. The Bertz CT molecular complexity index is 808. The van der Waals surface area contributed by atoms with Gasteiger partial charge in [-0.1, -0.05) is 0 Å². The fourth-order valence-corrected chi connectivity index (χ4v) is 7.50. The number of aryl methyl sites for hydroxylation is 1. The summed E-state index contributed by atoms with van der Waals surface area (Å²) in [5.41, 5.74) is 2.75. The van der Waals surface area contributed by atoms with Gasteiger partial charge in [0.2, 0.25) is 0 Å². The van der Waals surface area contributed by atoms with Crippen LogP contribution < -0.4 is 21.2 Å². The van der Waals surface area contributed by atoms with E-state index in [4.69, 9.17) is 0 Å². The molecule has 3 nitrogen and oxygen atoms in total. The summed E-state index contributed by atoms with van der Waals surface area (Å²) in [6.45, 7) is 1.95. The molecule has 1 unspecified atom stereocenters. The zero-order valence-corrected chi connectivity index (χ0v) is 16.6. The van der Waals surface area contributed by atoms with E-state index in [1.54, 1.807) is 12.1 Å². The minimum absolute atomic E-state index is 0.0425. The number of sulfonamides is 1. The molecule has 0 bridgehead atoms. The summed E-state index contributed by atoms with van der Waals surface area (Å²) in [7, 11) is -3.67. The van der Waals surface area contributed by atoms with Crippen LogP contribution in [0.1, 0.15) is 30.4 Å². The van der Waals surface area contributed by atoms with E-state index >= 15 is 0 Å². The van der Waals surface area contributed by atoms with Gasteiger partial charge in [0.05, 0.1) is 0 Å². The molecule has 0 N–H and O–H groups in total. The van der Waals surface area contributed by atoms with Crippen LogP contribution in [0, 0.1) is 6.92 Å². The van der Waals surface area contributed by atoms with Crippen LogP contribution in [0.5, 0.6) is 0 Å². The predicted octanol–water partition coefficient (Wildman–Crippen LogP) is 0.815. The molecule has 0 aromatic heterocycles. The second-order valence-electron chi connectivity index (χ2n) is 5.94. The molecule has 0 saturated carbocycles. The van der Waals surface area contributed by atoms with Gasteiger partial charge in [0.1, 0.15) is 0 Å². The van der Waals surface area contributed by atoms with E-state index < -0.39 is 10.0 Å². The standard InChI is InChI=1S/C19H21INO2S/c1-15-10-12-17(13-11-15)24(22,23)21-19(16-7-3-2-4-8-16)18-9-5-6-14-20-18/h2-4,7-8,10-13,18H,5-6,9,14H2,1H3/q-1. The first-order valence-corrected chi connectivity index (χ1v) is 12.3. The van der Waals surface area contributed by atoms with Crippen LogP contribution in [-0.4, -0.2) is 22.5 Å². The first-order chi connectivity index (χ1) is 11.6. The van der Waals surface area contributed by atoms with E-state index in [0.29, 0.717) is 3.92 Å². The van der Waals surface area contributed by atoms with Crippen molar-refractivity contribution in [3.63, 3.8) is 0 Å². The van der Waals surface area contributed by atoms with Crippen molar-refractivity contribution in [2.45, 2.75) is 35.0 Å². The molecule has 5 heteroatoms. The first kappa shape index (κ1) is 17.6. The molecular formula is C19H21INO2S-. The van der Waals surface area contributed by atoms with Gasteiger partial charge in [0.15, 0.2) is 0 Å². The summed E-state index contributed by atoms with van der Waals surface area (Å²) >= 11 is -0.0425. The van der Waals surface area contributed by atoms with Gasteiger partial charge in [-0.3, -0.25) is 0 Å². The average molecular weight is 454 g/mol. The summed E-state index contributed by atoms with van der Waals surface area (Å²) < 4.78 is 31.5. The Morgan fingerprint density at radius 1 is 1.04 bits per heavy atom. The Labute approximate surface area is 154 Å². The predicted molar refractivity (Wildman–Crippen MR) is 93.8 cm³/mol. The molecule has 3 rings (SSSR count). The third-order valence-corrected chi connectivity index (χ3v) is 9.01. The van der Waals surface area contributed by atoms with Crippen molar-refractivity contribution in [2.75, 3.05) is 4.43 Å². The molecule has 0 amide bonds. The van der Waals surface area contributed by atoms with Gasteiger partial charge in [-0.15, -0.1) is 0 Å². The van der Waals surface area contributed by atoms with Crippen molar-refractivity contribution < 1.29 is 29.6 Å². The second kappa shape index (κ2) is 7.78. The molecule has 2 aromatic carbocycles. The number of hydrogen-bond donors (Lipinski definition) is 0. The van der Waals surface area contributed by atoms with E-state index in [0.717, 1.165) is 23.3 Å². The van der Waals surface area contributed by atoms with Gasteiger partial charge >= 0.3 is 155 Å². The zero-order valence-electron chi connectivity index (χ0n) is 13.7. The fourth-order valence-electron chi connectivity index (χ4n) is 2.71. The summed E-state index contributed by atoms with van der Waals surface area (Å²) in [6, 6.07) is 16.7. The number of halogens is 1. The van der Waals surface area contributed by atoms with Crippen molar-refractivity contribution in [1.82, 2.24) is 0 Å². The van der Waals surface area contributed by atoms with Crippen LogP contribution in [0.4, 0.5) is 0 Å². The Hall–Kier alpha value is -1.21. The SMILES string of the molecule is Cc1ccc(S(=O)(=O)N=C(c2ccccc2)C2CCCC[I-]2)cc1. The van der Waals surface area contributed by atoms with Crippen LogP contribution in [0.3, 0.4) is 0 Å². The van der Waals surface area contributed by atoms with Gasteiger partial charge in [-0.25, -0.2) is 0 Å². The van der Waals surface area contributed by atoms with Crippen molar-refractivity contribution in [3.05, 3.63) is 65.7 Å². The molecule has 1 heterocycles. The van der Waals surface area contributed by atoms with Gasteiger partial charge in [0, 0.05) is 0 Å². The van der Waals surface area contributed by atoms with E-state index in [-0.39, 0.29) is 26.1 Å². The molecular weight excluding hydrogens is 433 g/mol. The van der Waals surface area contributed by atoms with E-state index in [9.17, 15) is 8.42 Å². The molecule has 2 aromatic rings. The third kappa shape index (κ3) is 4.25. The Morgan fingerprint density at radius 2 is 1.75 bits per heavy atom. The van der Waals surface area contributed by atoms with Crippen LogP contribution in [0.25, 0.3) is 0 Å². The van der Waals surface area contributed by atoms with Crippen molar-refractivity contribution in [1.29, 1.82) is 0 Å². The zero-order chi connectivity index (χ0) is 17.0. The van der Waals surface area contributed by atoms with Gasteiger partial charge in [-0.2, -0.15) is 0 Å². The molecule has 0 aliphatic carbocycles. The summed E-state index contributed by atoms with van der Waals surface area (Å²) in [5.74, 6) is 0. The molecule has 1 saturated heterocycles. The van der Waals surface area contributed by atoms with E-state index in [2.05, 4.69) is 4.40 Å². The van der Waals surface area contributed by atoms with Gasteiger partial charge in [0.25, 0.3) is 0 Å². The number of alkyl halides is 2. The molecule has 0 spiro atoms. The number of benzene rings is 2. The van der Waals surface area contributed by atoms with Gasteiger partial charge < -0.3 is 0 Å². The number of nitrogens with zero attached hydrogens (tertiary/aromatic N) is 1. The molecule has 24 heavy (non-hydrogen) atoms. The fraction of sp³-hybridized carbons (Fsp3) is 0.316. The van der Waals surface area contributed by atoms with Crippen LogP contribution >= 0.6 is 0 Å². The number of rotatable bonds is 4. The molecule has 1 aliphatic heterocycles. The van der Waals surface area contributed by atoms with Crippen LogP contribution in [-0.2, 0) is 10.0 Å². The Kier molecular flexibility index (Phi) is 5.71. The Morgan fingerprint density at radius 3 is 2.38 bits per heavy atom. The van der Waals surface area contributed by atoms with E-state index in [1.165, 1.54) is 17.3 Å². The summed E-state index contributed by atoms with van der Waals surface area (Å²) in [5, 5.41) is 0. The quantitative estimate of drug-likeness (QED) is 0.390. The minimum atomic E-state index is -3.67. The van der Waals surface area contributed by atoms with Crippen molar-refractivity contribution in [3.8, 4) is 0 Å². The van der Waals surface area contributed by atoms with Gasteiger partial charge in [-0.05, 0) is 0 Å². The molecule has 1 aliphatic rings.